The molecule has 158 valence electrons. The summed E-state index contributed by atoms with van der Waals surface area (Å²) in [5.74, 6) is 1.21. The van der Waals surface area contributed by atoms with Crippen molar-refractivity contribution in [3.8, 4) is 0 Å². The number of carbonyl (C=O) groups is 1. The number of fused-ring (bicyclic) bond motifs is 1. The van der Waals surface area contributed by atoms with E-state index in [9.17, 15) is 4.79 Å². The molecule has 0 aliphatic carbocycles. The number of thioether (sulfide) groups is 1. The van der Waals surface area contributed by atoms with Crippen LogP contribution in [0.4, 0.5) is 10.5 Å². The van der Waals surface area contributed by atoms with Crippen LogP contribution in [0.1, 0.15) is 44.2 Å². The first-order valence-corrected chi connectivity index (χ1v) is 12.0. The highest BCUT2D eigenvalue weighted by molar-refractivity contribution is 7.99. The van der Waals surface area contributed by atoms with Gasteiger partial charge in [-0.25, -0.2) is 4.79 Å². The molecule has 2 saturated heterocycles. The Bertz CT molecular complexity index is 935. The van der Waals surface area contributed by atoms with Gasteiger partial charge in [0.05, 0.1) is 6.54 Å². The van der Waals surface area contributed by atoms with E-state index < -0.39 is 0 Å². The molecular weight excluding hydrogens is 392 g/mol. The maximum absolute atomic E-state index is 12.5. The molecule has 5 heteroatoms. The van der Waals surface area contributed by atoms with Crippen molar-refractivity contribution >= 4 is 23.5 Å². The second kappa shape index (κ2) is 7.61. The zero-order chi connectivity index (χ0) is 20.8. The van der Waals surface area contributed by atoms with Gasteiger partial charge >= 0.3 is 6.09 Å². The lowest BCUT2D eigenvalue weighted by molar-refractivity contribution is -0.000981. The number of anilines is 1. The van der Waals surface area contributed by atoms with Gasteiger partial charge in [0.1, 0.15) is 5.60 Å². The molecule has 0 saturated carbocycles. The van der Waals surface area contributed by atoms with Gasteiger partial charge in [0.2, 0.25) is 0 Å². The van der Waals surface area contributed by atoms with Crippen LogP contribution >= 0.6 is 11.8 Å². The van der Waals surface area contributed by atoms with Gasteiger partial charge in [-0.3, -0.25) is 9.80 Å². The highest BCUT2D eigenvalue weighted by atomic mass is 32.2. The Balaban J connectivity index is 1.24. The number of likely N-dealkylation sites (tertiary alicyclic amines) is 1. The average Bonchev–Trinajstić information content (AvgIpc) is 3.07. The predicted molar refractivity (Wildman–Crippen MR) is 122 cm³/mol. The number of para-hydroxylation sites is 1. The quantitative estimate of drug-likeness (QED) is 0.658. The Labute approximate surface area is 183 Å². The second-order valence-electron chi connectivity index (χ2n) is 9.56. The number of hydrogen-bond acceptors (Lipinski definition) is 4. The number of amides is 1. The molecule has 0 radical (unpaired) electrons. The Morgan fingerprint density at radius 3 is 2.57 bits per heavy atom. The number of ether oxygens (including phenoxy) is 1. The largest absolute Gasteiger partial charge is 0.441 e. The maximum atomic E-state index is 12.5. The Hall–Kier alpha value is -1.98. The Morgan fingerprint density at radius 1 is 1.03 bits per heavy atom. The molecule has 2 aromatic carbocycles. The summed E-state index contributed by atoms with van der Waals surface area (Å²) in [4.78, 5) is 18.3. The zero-order valence-corrected chi connectivity index (χ0v) is 18.7. The molecule has 1 amide bonds. The fourth-order valence-electron chi connectivity index (χ4n) is 4.95. The molecule has 0 bridgehead atoms. The molecule has 1 spiro atoms. The fraction of sp³-hybridized carbons (Fsp3) is 0.480. The normalized spacial score (nSPS) is 22.7. The van der Waals surface area contributed by atoms with Gasteiger partial charge in [0.25, 0.3) is 0 Å². The summed E-state index contributed by atoms with van der Waals surface area (Å²) in [6.07, 6.45) is 2.83. The van der Waals surface area contributed by atoms with E-state index in [2.05, 4.69) is 36.9 Å². The molecule has 3 heterocycles. The molecule has 5 rings (SSSR count). The zero-order valence-electron chi connectivity index (χ0n) is 17.9. The van der Waals surface area contributed by atoms with E-state index in [0.717, 1.165) is 38.2 Å². The highest BCUT2D eigenvalue weighted by Gasteiger charge is 2.47. The van der Waals surface area contributed by atoms with Crippen LogP contribution < -0.4 is 4.90 Å². The van der Waals surface area contributed by atoms with Crippen LogP contribution in [-0.4, -0.2) is 42.0 Å². The highest BCUT2D eigenvalue weighted by Crippen LogP contribution is 2.42. The molecule has 2 aromatic rings. The van der Waals surface area contributed by atoms with Crippen molar-refractivity contribution in [2.24, 2.45) is 0 Å². The molecule has 3 aliphatic rings. The van der Waals surface area contributed by atoms with Crippen LogP contribution in [0.2, 0.25) is 0 Å². The summed E-state index contributed by atoms with van der Waals surface area (Å²) in [6.45, 7) is 8.30. The minimum atomic E-state index is -0.335. The van der Waals surface area contributed by atoms with Gasteiger partial charge in [-0.1, -0.05) is 44.2 Å². The van der Waals surface area contributed by atoms with Crippen LogP contribution in [0.15, 0.2) is 53.4 Å². The summed E-state index contributed by atoms with van der Waals surface area (Å²) in [5.41, 5.74) is 3.76. The number of nitrogens with zero attached hydrogens (tertiary/aromatic N) is 2. The summed E-state index contributed by atoms with van der Waals surface area (Å²) < 4.78 is 5.91. The van der Waals surface area contributed by atoms with Crippen molar-refractivity contribution in [3.63, 3.8) is 0 Å². The predicted octanol–water partition coefficient (Wildman–Crippen LogP) is 5.45. The van der Waals surface area contributed by atoms with Gasteiger partial charge in [-0.05, 0) is 46.9 Å². The number of benzene rings is 2. The van der Waals surface area contributed by atoms with Crippen molar-refractivity contribution in [2.75, 3.05) is 30.3 Å². The Morgan fingerprint density at radius 2 is 1.80 bits per heavy atom. The molecule has 4 nitrogen and oxygen atoms in total. The summed E-state index contributed by atoms with van der Waals surface area (Å²) in [5, 5.41) is 0. The monoisotopic (exact) mass is 422 g/mol. The third-order valence-electron chi connectivity index (χ3n) is 6.97. The van der Waals surface area contributed by atoms with E-state index in [1.54, 1.807) is 4.90 Å². The van der Waals surface area contributed by atoms with Gasteiger partial charge in [0, 0.05) is 43.1 Å². The molecule has 3 aliphatic heterocycles. The van der Waals surface area contributed by atoms with Gasteiger partial charge in [-0.2, -0.15) is 0 Å². The van der Waals surface area contributed by atoms with Crippen LogP contribution in [0, 0.1) is 0 Å². The van der Waals surface area contributed by atoms with E-state index in [0.29, 0.717) is 6.54 Å². The molecule has 0 atom stereocenters. The van der Waals surface area contributed by atoms with Crippen molar-refractivity contribution in [2.45, 2.75) is 55.6 Å². The smallest absolute Gasteiger partial charge is 0.415 e. The minimum absolute atomic E-state index is 0.205. The molecule has 30 heavy (non-hydrogen) atoms. The molecule has 0 unspecified atom stereocenters. The lowest BCUT2D eigenvalue weighted by Gasteiger charge is -2.38. The first kappa shape index (κ1) is 20.0. The third kappa shape index (κ3) is 3.74. The molecule has 0 N–H and O–H groups in total. The number of piperidine rings is 1. The second-order valence-corrected chi connectivity index (χ2v) is 10.7. The fourth-order valence-corrected chi connectivity index (χ4v) is 6.44. The van der Waals surface area contributed by atoms with E-state index >= 15 is 0 Å². The Kier molecular flexibility index (Phi) is 5.06. The van der Waals surface area contributed by atoms with Crippen molar-refractivity contribution < 1.29 is 9.53 Å². The lowest BCUT2D eigenvalue weighted by atomic mass is 9.81. The number of rotatable bonds is 3. The molecule has 2 fully saturated rings. The van der Waals surface area contributed by atoms with Crippen molar-refractivity contribution in [1.82, 2.24) is 4.90 Å². The van der Waals surface area contributed by atoms with E-state index in [1.807, 2.05) is 42.1 Å². The van der Waals surface area contributed by atoms with Crippen LogP contribution in [0.5, 0.6) is 0 Å². The van der Waals surface area contributed by atoms with E-state index in [1.165, 1.54) is 28.2 Å². The van der Waals surface area contributed by atoms with Gasteiger partial charge in [0.15, 0.2) is 0 Å². The van der Waals surface area contributed by atoms with Crippen molar-refractivity contribution in [3.05, 3.63) is 59.7 Å². The topological polar surface area (TPSA) is 32.8 Å². The van der Waals surface area contributed by atoms with E-state index in [4.69, 9.17) is 4.74 Å². The number of carbonyl (C=O) groups excluding carboxylic acids is 1. The molecular formula is C25H30N2O2S. The van der Waals surface area contributed by atoms with Crippen LogP contribution in [0.3, 0.4) is 0 Å². The average molecular weight is 423 g/mol. The first-order valence-electron chi connectivity index (χ1n) is 11.0. The molecule has 0 aromatic heterocycles. The number of hydrogen-bond donors (Lipinski definition) is 0. The standard InChI is InChI=1S/C25H30N2O2S/c1-24(2)12-15-30-22-9-8-19(16-21(22)24)17-26-13-10-25(11-14-26)18-27(23(28)29-25)20-6-4-3-5-7-20/h3-9,16H,10-15,17-18H2,1-2H3. The minimum Gasteiger partial charge on any atom is -0.441 e. The SMILES string of the molecule is CC1(C)CCSc2ccc(CN3CCC4(CC3)CN(c3ccccc3)C(=O)O4)cc21. The summed E-state index contributed by atoms with van der Waals surface area (Å²) >= 11 is 1.99. The third-order valence-corrected chi connectivity index (χ3v) is 8.04. The van der Waals surface area contributed by atoms with Crippen LogP contribution in [-0.2, 0) is 16.7 Å². The maximum Gasteiger partial charge on any atom is 0.415 e. The van der Waals surface area contributed by atoms with Gasteiger partial charge in [-0.15, -0.1) is 11.8 Å². The van der Waals surface area contributed by atoms with Crippen LogP contribution in [0.25, 0.3) is 0 Å². The summed E-state index contributed by atoms with van der Waals surface area (Å²) in [6, 6.07) is 16.9. The first-order chi connectivity index (χ1) is 14.4. The summed E-state index contributed by atoms with van der Waals surface area (Å²) in [7, 11) is 0. The van der Waals surface area contributed by atoms with Crippen molar-refractivity contribution in [1.29, 1.82) is 0 Å². The lowest BCUT2D eigenvalue weighted by Crippen LogP contribution is -2.46. The van der Waals surface area contributed by atoms with E-state index in [-0.39, 0.29) is 17.1 Å². The van der Waals surface area contributed by atoms with Gasteiger partial charge < -0.3 is 4.74 Å².